The van der Waals surface area contributed by atoms with Crippen molar-refractivity contribution in [1.29, 1.82) is 0 Å². The standard InChI is InChI=1S/C14H10N4/c1-5-17-14(18-6-1)13-10-12(4-9-16-13)11-2-7-15-8-3-11/h1-10H. The largest absolute Gasteiger partial charge is 0.265 e. The summed E-state index contributed by atoms with van der Waals surface area (Å²) in [4.78, 5) is 16.7. The van der Waals surface area contributed by atoms with E-state index in [9.17, 15) is 0 Å². The number of hydrogen-bond donors (Lipinski definition) is 0. The molecule has 3 rings (SSSR count). The Balaban J connectivity index is 2.05. The third-order valence-corrected chi connectivity index (χ3v) is 2.57. The lowest BCUT2D eigenvalue weighted by molar-refractivity contribution is 1.14. The van der Waals surface area contributed by atoms with Gasteiger partial charge < -0.3 is 0 Å². The Bertz CT molecular complexity index is 583. The van der Waals surface area contributed by atoms with Crippen molar-refractivity contribution in [2.24, 2.45) is 0 Å². The second kappa shape index (κ2) is 4.71. The summed E-state index contributed by atoms with van der Waals surface area (Å²) in [5.74, 6) is 0.633. The highest BCUT2D eigenvalue weighted by molar-refractivity contribution is 5.67. The lowest BCUT2D eigenvalue weighted by atomic mass is 10.1. The molecule has 4 heteroatoms. The van der Waals surface area contributed by atoms with Crippen LogP contribution in [0.2, 0.25) is 0 Å². The van der Waals surface area contributed by atoms with Gasteiger partial charge in [0.25, 0.3) is 0 Å². The highest BCUT2D eigenvalue weighted by atomic mass is 14.9. The molecule has 0 atom stereocenters. The molecule has 3 aromatic rings. The van der Waals surface area contributed by atoms with E-state index in [1.54, 1.807) is 37.1 Å². The van der Waals surface area contributed by atoms with Gasteiger partial charge in [0.1, 0.15) is 5.69 Å². The normalized spacial score (nSPS) is 10.2. The van der Waals surface area contributed by atoms with Crippen molar-refractivity contribution in [3.8, 4) is 22.6 Å². The highest BCUT2D eigenvalue weighted by Gasteiger charge is 2.04. The van der Waals surface area contributed by atoms with Gasteiger partial charge in [0.2, 0.25) is 0 Å². The van der Waals surface area contributed by atoms with E-state index in [2.05, 4.69) is 19.9 Å². The van der Waals surface area contributed by atoms with Crippen LogP contribution in [0.25, 0.3) is 22.6 Å². The summed E-state index contributed by atoms with van der Waals surface area (Å²) in [5, 5.41) is 0. The molecule has 0 aliphatic carbocycles. The second-order valence-electron chi connectivity index (χ2n) is 3.74. The van der Waals surface area contributed by atoms with Crippen molar-refractivity contribution >= 4 is 0 Å². The Morgan fingerprint density at radius 3 is 2.17 bits per heavy atom. The smallest absolute Gasteiger partial charge is 0.178 e. The van der Waals surface area contributed by atoms with Crippen LogP contribution in [0.15, 0.2) is 61.3 Å². The van der Waals surface area contributed by atoms with Crippen LogP contribution in [0.5, 0.6) is 0 Å². The van der Waals surface area contributed by atoms with Crippen molar-refractivity contribution < 1.29 is 0 Å². The van der Waals surface area contributed by atoms with Gasteiger partial charge in [0.15, 0.2) is 5.82 Å². The maximum Gasteiger partial charge on any atom is 0.178 e. The van der Waals surface area contributed by atoms with Gasteiger partial charge in [0, 0.05) is 31.0 Å². The summed E-state index contributed by atoms with van der Waals surface area (Å²) in [6, 6.07) is 9.65. The third-order valence-electron chi connectivity index (χ3n) is 2.57. The molecule has 0 fully saturated rings. The van der Waals surface area contributed by atoms with Crippen LogP contribution >= 0.6 is 0 Å². The van der Waals surface area contributed by atoms with Gasteiger partial charge in [-0.25, -0.2) is 9.97 Å². The zero-order valence-electron chi connectivity index (χ0n) is 9.56. The molecule has 0 spiro atoms. The van der Waals surface area contributed by atoms with Crippen LogP contribution in [0.3, 0.4) is 0 Å². The molecule has 3 aromatic heterocycles. The van der Waals surface area contributed by atoms with E-state index in [0.717, 1.165) is 16.8 Å². The average molecular weight is 234 g/mol. The second-order valence-corrected chi connectivity index (χ2v) is 3.74. The Morgan fingerprint density at radius 1 is 0.667 bits per heavy atom. The van der Waals surface area contributed by atoms with E-state index in [1.807, 2.05) is 24.3 Å². The summed E-state index contributed by atoms with van der Waals surface area (Å²) in [5.41, 5.74) is 2.95. The van der Waals surface area contributed by atoms with Crippen LogP contribution in [-0.4, -0.2) is 19.9 Å². The fourth-order valence-electron chi connectivity index (χ4n) is 1.71. The molecule has 0 aliphatic heterocycles. The maximum atomic E-state index is 4.29. The zero-order chi connectivity index (χ0) is 12.2. The molecule has 3 heterocycles. The Kier molecular flexibility index (Phi) is 2.75. The van der Waals surface area contributed by atoms with Gasteiger partial charge >= 0.3 is 0 Å². The summed E-state index contributed by atoms with van der Waals surface area (Å²) in [6.07, 6.45) is 8.73. The molecule has 0 aromatic carbocycles. The molecule has 86 valence electrons. The molecule has 0 saturated heterocycles. The van der Waals surface area contributed by atoms with Gasteiger partial charge in [-0.2, -0.15) is 0 Å². The summed E-state index contributed by atoms with van der Waals surface area (Å²) < 4.78 is 0. The van der Waals surface area contributed by atoms with Crippen molar-refractivity contribution in [3.05, 3.63) is 61.3 Å². The van der Waals surface area contributed by atoms with E-state index in [1.165, 1.54) is 0 Å². The first-order valence-corrected chi connectivity index (χ1v) is 5.57. The molecule has 0 radical (unpaired) electrons. The Hall–Kier alpha value is -2.62. The molecule has 18 heavy (non-hydrogen) atoms. The fraction of sp³-hybridized carbons (Fsp3) is 0. The predicted molar refractivity (Wildman–Crippen MR) is 68.5 cm³/mol. The number of nitrogens with zero attached hydrogens (tertiary/aromatic N) is 4. The van der Waals surface area contributed by atoms with E-state index < -0.39 is 0 Å². The van der Waals surface area contributed by atoms with Crippen molar-refractivity contribution in [3.63, 3.8) is 0 Å². The molecule has 0 bridgehead atoms. The van der Waals surface area contributed by atoms with Gasteiger partial charge in [-0.3, -0.25) is 9.97 Å². The van der Waals surface area contributed by atoms with Crippen molar-refractivity contribution in [2.45, 2.75) is 0 Å². The maximum absolute atomic E-state index is 4.29. The van der Waals surface area contributed by atoms with E-state index in [0.29, 0.717) is 5.82 Å². The van der Waals surface area contributed by atoms with E-state index in [4.69, 9.17) is 0 Å². The van der Waals surface area contributed by atoms with Crippen LogP contribution in [0.4, 0.5) is 0 Å². The van der Waals surface area contributed by atoms with Gasteiger partial charge in [-0.05, 0) is 41.5 Å². The molecule has 0 saturated carbocycles. The van der Waals surface area contributed by atoms with Crippen molar-refractivity contribution in [2.75, 3.05) is 0 Å². The van der Waals surface area contributed by atoms with Crippen LogP contribution in [-0.2, 0) is 0 Å². The quantitative estimate of drug-likeness (QED) is 0.684. The Morgan fingerprint density at radius 2 is 1.39 bits per heavy atom. The third kappa shape index (κ3) is 2.08. The van der Waals surface area contributed by atoms with Gasteiger partial charge in [0.05, 0.1) is 0 Å². The number of rotatable bonds is 2. The molecule has 0 N–H and O–H groups in total. The number of pyridine rings is 2. The number of aromatic nitrogens is 4. The van der Waals surface area contributed by atoms with Gasteiger partial charge in [-0.1, -0.05) is 0 Å². The Labute approximate surface area is 104 Å². The minimum Gasteiger partial charge on any atom is -0.265 e. The summed E-state index contributed by atoms with van der Waals surface area (Å²) in [7, 11) is 0. The van der Waals surface area contributed by atoms with Gasteiger partial charge in [-0.15, -0.1) is 0 Å². The van der Waals surface area contributed by atoms with E-state index >= 15 is 0 Å². The lowest BCUT2D eigenvalue weighted by Gasteiger charge is -2.03. The average Bonchev–Trinajstić information content (AvgIpc) is 2.49. The minimum atomic E-state index is 0.633. The molecule has 0 amide bonds. The highest BCUT2D eigenvalue weighted by Crippen LogP contribution is 2.21. The van der Waals surface area contributed by atoms with Crippen LogP contribution in [0.1, 0.15) is 0 Å². The molecule has 0 aliphatic rings. The van der Waals surface area contributed by atoms with Crippen LogP contribution in [0, 0.1) is 0 Å². The summed E-state index contributed by atoms with van der Waals surface area (Å²) in [6.45, 7) is 0. The van der Waals surface area contributed by atoms with Crippen molar-refractivity contribution in [1.82, 2.24) is 19.9 Å². The molecular weight excluding hydrogens is 224 g/mol. The minimum absolute atomic E-state index is 0.633. The molecule has 0 unspecified atom stereocenters. The SMILES string of the molecule is c1cnc(-c2cc(-c3ccncc3)ccn2)nc1. The predicted octanol–water partition coefficient (Wildman–Crippen LogP) is 2.60. The first-order chi connectivity index (χ1) is 8.93. The topological polar surface area (TPSA) is 51.6 Å². The molecule has 4 nitrogen and oxygen atoms in total. The molecular formula is C14H10N4. The number of hydrogen-bond acceptors (Lipinski definition) is 4. The zero-order valence-corrected chi connectivity index (χ0v) is 9.56. The van der Waals surface area contributed by atoms with E-state index in [-0.39, 0.29) is 0 Å². The monoisotopic (exact) mass is 234 g/mol. The lowest BCUT2D eigenvalue weighted by Crippen LogP contribution is -1.90. The first-order valence-electron chi connectivity index (χ1n) is 5.57. The van der Waals surface area contributed by atoms with Crippen LogP contribution < -0.4 is 0 Å². The fourth-order valence-corrected chi connectivity index (χ4v) is 1.71. The summed E-state index contributed by atoms with van der Waals surface area (Å²) >= 11 is 0. The first kappa shape index (κ1) is 10.5.